The van der Waals surface area contributed by atoms with E-state index < -0.39 is 70.5 Å². The van der Waals surface area contributed by atoms with Crippen LogP contribution in [0.3, 0.4) is 0 Å². The van der Waals surface area contributed by atoms with Gasteiger partial charge in [0.15, 0.2) is 6.23 Å². The highest BCUT2D eigenvalue weighted by Gasteiger charge is 2.54. The maximum Gasteiger partial charge on any atom is 0.478 e. The van der Waals surface area contributed by atoms with Crippen LogP contribution in [0.15, 0.2) is 15.8 Å². The highest BCUT2D eigenvalue weighted by atomic mass is 35.5. The van der Waals surface area contributed by atoms with E-state index in [0.717, 1.165) is 6.92 Å². The predicted molar refractivity (Wildman–Crippen MR) is 90.8 cm³/mol. The molecule has 1 aliphatic rings. The van der Waals surface area contributed by atoms with E-state index in [1.165, 1.54) is 0 Å². The Balaban J connectivity index is 2.17. The molecule has 2 heterocycles. The molecule has 4 N–H and O–H groups in total. The van der Waals surface area contributed by atoms with Crippen LogP contribution in [-0.2, 0) is 31.6 Å². The third-order valence-corrected chi connectivity index (χ3v) is 7.84. The topological polar surface area (TPSA) is 250 Å². The van der Waals surface area contributed by atoms with E-state index in [2.05, 4.69) is 13.1 Å². The fourth-order valence-electron chi connectivity index (χ4n) is 2.44. The highest BCUT2D eigenvalue weighted by molar-refractivity contribution is 7.65. The van der Waals surface area contributed by atoms with Gasteiger partial charge in [-0.05, 0) is 6.92 Å². The summed E-state index contributed by atoms with van der Waals surface area (Å²) in [4.78, 5) is 62.1. The van der Waals surface area contributed by atoms with Gasteiger partial charge < -0.3 is 29.4 Å². The van der Waals surface area contributed by atoms with Crippen molar-refractivity contribution in [2.45, 2.75) is 30.2 Å². The molecule has 2 rings (SSSR count). The normalized spacial score (nSPS) is 32.2. The molecule has 3 unspecified atom stereocenters. The monoisotopic (exact) mass is 532 g/mol. The van der Waals surface area contributed by atoms with Crippen LogP contribution in [0.5, 0.6) is 0 Å². The molecule has 7 atom stereocenters. The van der Waals surface area contributed by atoms with Crippen LogP contribution >= 0.6 is 35.1 Å². The van der Waals surface area contributed by atoms with Crippen LogP contribution in [0.25, 0.3) is 0 Å². The number of aromatic amines is 1. The van der Waals surface area contributed by atoms with Gasteiger partial charge in [0.25, 0.3) is 21.2 Å². The average Bonchev–Trinajstić information content (AvgIpc) is 2.76. The molecule has 0 aliphatic carbocycles. The summed E-state index contributed by atoms with van der Waals surface area (Å²) in [6.45, 7) is 0.00356. The Morgan fingerprint density at radius 2 is 1.90 bits per heavy atom. The molecule has 0 radical (unpaired) electrons. The van der Waals surface area contributed by atoms with Crippen LogP contribution in [0.1, 0.15) is 13.2 Å². The minimum atomic E-state index is -6.08. The number of ether oxygens (including phenoxy) is 1. The van der Waals surface area contributed by atoms with Crippen molar-refractivity contribution >= 4 is 35.1 Å². The Kier molecular flexibility index (Phi) is 7.58. The summed E-state index contributed by atoms with van der Waals surface area (Å²) in [5.74, 6) is -1.40. The van der Waals surface area contributed by atoms with Crippen LogP contribution in [0, 0.1) is 5.82 Å². The quantitative estimate of drug-likeness (QED) is 0.209. The average molecular weight is 533 g/mol. The van der Waals surface area contributed by atoms with Gasteiger partial charge in [0.1, 0.15) is 17.1 Å². The Labute approximate surface area is 175 Å². The number of alkyl halides is 1. The van der Waals surface area contributed by atoms with Crippen molar-refractivity contribution in [1.29, 1.82) is 0 Å². The fraction of sp³-hybridized carbons (Fsp3) is 0.600. The first-order valence-electron chi connectivity index (χ1n) is 7.63. The smallest absolute Gasteiger partial charge is 0.478 e. The third-order valence-electron chi connectivity index (χ3n) is 3.70. The first kappa shape index (κ1) is 26.5. The van der Waals surface area contributed by atoms with E-state index in [9.17, 15) is 47.5 Å². The second-order valence-electron chi connectivity index (χ2n) is 6.11. The summed E-state index contributed by atoms with van der Waals surface area (Å²) in [6.07, 6.45) is -4.64. The largest absolute Gasteiger partial charge is 0.756 e. The van der Waals surface area contributed by atoms with Crippen molar-refractivity contribution in [3.05, 3.63) is 32.9 Å². The van der Waals surface area contributed by atoms with Crippen molar-refractivity contribution in [3.8, 4) is 0 Å². The second-order valence-corrected chi connectivity index (χ2v) is 11.3. The lowest BCUT2D eigenvalue weighted by atomic mass is 10.0. The van der Waals surface area contributed by atoms with Gasteiger partial charge in [-0.3, -0.25) is 28.0 Å². The van der Waals surface area contributed by atoms with Gasteiger partial charge in [-0.1, -0.05) is 0 Å². The molecular formula is C10H13ClFN2O14P3-2. The molecule has 0 saturated carbocycles. The number of aliphatic hydroxyl groups excluding tert-OH is 1. The van der Waals surface area contributed by atoms with E-state index >= 15 is 0 Å². The van der Waals surface area contributed by atoms with Crippen molar-refractivity contribution in [2.75, 3.05) is 6.61 Å². The lowest BCUT2D eigenvalue weighted by molar-refractivity contribution is -0.236. The number of aromatic nitrogens is 2. The predicted octanol–water partition coefficient (Wildman–Crippen LogP) is -1.99. The summed E-state index contributed by atoms with van der Waals surface area (Å²) >= 11 is 6.13. The number of aliphatic hydroxyl groups is 1. The summed E-state index contributed by atoms with van der Waals surface area (Å²) in [7, 11) is -17.6. The fourth-order valence-corrected chi connectivity index (χ4v) is 5.67. The molecule has 0 spiro atoms. The molecule has 31 heavy (non-hydrogen) atoms. The molecule has 1 aromatic heterocycles. The Bertz CT molecular complexity index is 1100. The zero-order valence-electron chi connectivity index (χ0n) is 14.9. The van der Waals surface area contributed by atoms with E-state index in [4.69, 9.17) is 21.2 Å². The molecule has 1 aliphatic heterocycles. The van der Waals surface area contributed by atoms with Crippen LogP contribution in [0.4, 0.5) is 4.39 Å². The lowest BCUT2D eigenvalue weighted by Gasteiger charge is -2.28. The second kappa shape index (κ2) is 8.88. The minimum absolute atomic E-state index is 0.434. The van der Waals surface area contributed by atoms with Crippen molar-refractivity contribution in [1.82, 2.24) is 9.55 Å². The van der Waals surface area contributed by atoms with Crippen LogP contribution < -0.4 is 21.0 Å². The summed E-state index contributed by atoms with van der Waals surface area (Å²) < 4.78 is 63.5. The van der Waals surface area contributed by atoms with Crippen molar-refractivity contribution in [2.24, 2.45) is 0 Å². The first-order valence-corrected chi connectivity index (χ1v) is 12.5. The number of halogens is 2. The number of hydrogen-bond donors (Lipinski definition) is 4. The molecule has 21 heteroatoms. The number of phosphoric ester groups is 1. The number of phosphoric acid groups is 3. The Morgan fingerprint density at radius 3 is 2.45 bits per heavy atom. The number of nitrogens with zero attached hydrogens (tertiary/aromatic N) is 1. The zero-order valence-corrected chi connectivity index (χ0v) is 18.3. The number of nitrogens with one attached hydrogen (secondary N) is 1. The number of rotatable bonds is 8. The zero-order chi connectivity index (χ0) is 24.0. The standard InChI is InChI=1S/C10H15ClFN2O14P3/c1-10(11)6(15)5(26-8(10)14-2-4(12)7(16)13-9(14)17)3-25-30(21,22)28-31(23,24)27-29(18,19)20/h2,5-6,8,15H,3H2,1H3,(H,21,22)(H,23,24)(H,13,16,17)(H2,18,19,20)/p-2/t5-,6-,8-,10-/m1/s1. The lowest BCUT2D eigenvalue weighted by Crippen LogP contribution is -2.43. The van der Waals surface area contributed by atoms with Crippen LogP contribution in [0.2, 0.25) is 0 Å². The van der Waals surface area contributed by atoms with Crippen molar-refractivity contribution < 1.29 is 60.6 Å². The molecule has 0 aromatic carbocycles. The molecule has 16 nitrogen and oxygen atoms in total. The summed E-state index contributed by atoms with van der Waals surface area (Å²) in [6, 6.07) is 0. The molecule has 1 saturated heterocycles. The van der Waals surface area contributed by atoms with Gasteiger partial charge in [-0.25, -0.2) is 18.0 Å². The van der Waals surface area contributed by atoms with Crippen LogP contribution in [-0.4, -0.2) is 48.1 Å². The number of hydrogen-bond acceptors (Lipinski definition) is 12. The van der Waals surface area contributed by atoms with Gasteiger partial charge in [0, 0.05) is 0 Å². The van der Waals surface area contributed by atoms with Gasteiger partial charge in [-0.2, -0.15) is 4.39 Å². The van der Waals surface area contributed by atoms with Crippen molar-refractivity contribution in [3.63, 3.8) is 0 Å². The van der Waals surface area contributed by atoms with Gasteiger partial charge >= 0.3 is 13.5 Å². The Morgan fingerprint density at radius 1 is 1.32 bits per heavy atom. The van der Waals surface area contributed by atoms with E-state index in [1.54, 1.807) is 4.98 Å². The number of H-pyrrole nitrogens is 1. The van der Waals surface area contributed by atoms with E-state index in [-0.39, 0.29) is 0 Å². The Hall–Kier alpha value is -0.770. The van der Waals surface area contributed by atoms with E-state index in [0.29, 0.717) is 10.8 Å². The third kappa shape index (κ3) is 6.62. The summed E-state index contributed by atoms with van der Waals surface area (Å²) in [5, 5.41) is 10.3. The molecule has 0 amide bonds. The van der Waals surface area contributed by atoms with Gasteiger partial charge in [0.2, 0.25) is 5.82 Å². The molecular weight excluding hydrogens is 519 g/mol. The SMILES string of the molecule is C[C@@]1(Cl)[C@H](O)[C@@H](COP(=O)(O)OP(=O)([O-])OP(=O)([O-])O)O[C@H]1n1cc(F)c(=O)[nH]c1=O. The molecule has 1 fully saturated rings. The summed E-state index contributed by atoms with van der Waals surface area (Å²) in [5.41, 5.74) is -2.52. The molecule has 178 valence electrons. The van der Waals surface area contributed by atoms with Gasteiger partial charge in [0.05, 0.1) is 12.8 Å². The van der Waals surface area contributed by atoms with E-state index in [1.807, 2.05) is 0 Å². The highest BCUT2D eigenvalue weighted by Crippen LogP contribution is 2.63. The molecule has 1 aromatic rings. The maximum absolute atomic E-state index is 13.5. The first-order chi connectivity index (χ1) is 13.8. The maximum atomic E-state index is 13.5. The molecule has 0 bridgehead atoms. The van der Waals surface area contributed by atoms with Gasteiger partial charge in [-0.15, -0.1) is 11.6 Å². The minimum Gasteiger partial charge on any atom is -0.756 e.